The number of para-hydroxylation sites is 1. The van der Waals surface area contributed by atoms with E-state index in [2.05, 4.69) is 54.2 Å². The quantitative estimate of drug-likeness (QED) is 0.521. The molecule has 0 amide bonds. The standard InChI is InChI=1S/C18H16NO2S/c1-19-10-17-18(11-6-4-5-7-13(11)19)12-8-14(20-2)15(21-3)9-16(12)22-17/h4-10H,1-3H3/q+1. The Morgan fingerprint density at radius 2 is 1.64 bits per heavy atom. The van der Waals surface area contributed by atoms with E-state index in [9.17, 15) is 0 Å². The van der Waals surface area contributed by atoms with Crippen molar-refractivity contribution in [1.82, 2.24) is 0 Å². The number of thiophene rings is 1. The highest BCUT2D eigenvalue weighted by molar-refractivity contribution is 7.26. The van der Waals surface area contributed by atoms with Gasteiger partial charge in [0.15, 0.2) is 17.7 Å². The SMILES string of the molecule is COc1cc2sc3c[n+](C)c4ccccc4c3c2cc1OC. The summed E-state index contributed by atoms with van der Waals surface area (Å²) in [6, 6.07) is 12.6. The predicted molar refractivity (Wildman–Crippen MR) is 91.1 cm³/mol. The number of rotatable bonds is 2. The number of hydrogen-bond acceptors (Lipinski definition) is 3. The van der Waals surface area contributed by atoms with E-state index in [0.717, 1.165) is 11.5 Å². The van der Waals surface area contributed by atoms with E-state index >= 15 is 0 Å². The number of aromatic nitrogens is 1. The topological polar surface area (TPSA) is 22.3 Å². The third kappa shape index (κ3) is 1.77. The Morgan fingerprint density at radius 1 is 0.909 bits per heavy atom. The zero-order valence-corrected chi connectivity index (χ0v) is 13.5. The van der Waals surface area contributed by atoms with Crippen molar-refractivity contribution >= 4 is 42.4 Å². The average Bonchev–Trinajstić information content (AvgIpc) is 2.90. The van der Waals surface area contributed by atoms with Gasteiger partial charge in [0.05, 0.1) is 19.6 Å². The monoisotopic (exact) mass is 310 g/mol. The van der Waals surface area contributed by atoms with Crippen molar-refractivity contribution in [2.75, 3.05) is 14.2 Å². The Kier molecular flexibility index (Phi) is 2.94. The van der Waals surface area contributed by atoms with Crippen molar-refractivity contribution in [2.24, 2.45) is 7.05 Å². The fraction of sp³-hybridized carbons (Fsp3) is 0.167. The molecule has 3 nitrogen and oxygen atoms in total. The number of aryl methyl sites for hydroxylation is 1. The predicted octanol–water partition coefficient (Wildman–Crippen LogP) is 4.05. The van der Waals surface area contributed by atoms with Gasteiger partial charge in [-0.15, -0.1) is 11.3 Å². The van der Waals surface area contributed by atoms with E-state index in [-0.39, 0.29) is 0 Å². The second kappa shape index (κ2) is 4.85. The Labute approximate surface area is 132 Å². The van der Waals surface area contributed by atoms with Gasteiger partial charge in [0, 0.05) is 27.6 Å². The average molecular weight is 310 g/mol. The molecule has 4 rings (SSSR count). The van der Waals surface area contributed by atoms with Crippen LogP contribution in [0.3, 0.4) is 0 Å². The van der Waals surface area contributed by atoms with Crippen molar-refractivity contribution in [1.29, 1.82) is 0 Å². The van der Waals surface area contributed by atoms with Crippen molar-refractivity contribution in [3.05, 3.63) is 42.6 Å². The van der Waals surface area contributed by atoms with Crippen LogP contribution in [0.5, 0.6) is 11.5 Å². The molecule has 0 saturated heterocycles. The van der Waals surface area contributed by atoms with Gasteiger partial charge in [-0.3, -0.25) is 0 Å². The smallest absolute Gasteiger partial charge is 0.212 e. The normalized spacial score (nSPS) is 11.4. The van der Waals surface area contributed by atoms with Gasteiger partial charge >= 0.3 is 0 Å². The lowest BCUT2D eigenvalue weighted by molar-refractivity contribution is -0.643. The van der Waals surface area contributed by atoms with Gasteiger partial charge in [-0.2, -0.15) is 4.57 Å². The van der Waals surface area contributed by atoms with E-state index in [1.807, 2.05) is 0 Å². The molecule has 0 bridgehead atoms. The summed E-state index contributed by atoms with van der Waals surface area (Å²) >= 11 is 1.78. The largest absolute Gasteiger partial charge is 0.493 e. The van der Waals surface area contributed by atoms with Crippen molar-refractivity contribution < 1.29 is 14.0 Å². The molecule has 0 N–H and O–H groups in total. The summed E-state index contributed by atoms with van der Waals surface area (Å²) in [5.41, 5.74) is 1.23. The molecule has 2 aromatic heterocycles. The third-order valence-electron chi connectivity index (χ3n) is 4.09. The van der Waals surface area contributed by atoms with E-state index in [1.54, 1.807) is 25.6 Å². The van der Waals surface area contributed by atoms with E-state index in [4.69, 9.17) is 9.47 Å². The number of fused-ring (bicyclic) bond motifs is 5. The lowest BCUT2D eigenvalue weighted by Gasteiger charge is -2.07. The third-order valence-corrected chi connectivity index (χ3v) is 5.17. The van der Waals surface area contributed by atoms with Crippen molar-refractivity contribution in [3.63, 3.8) is 0 Å². The first-order valence-corrected chi connectivity index (χ1v) is 7.90. The Morgan fingerprint density at radius 3 is 2.41 bits per heavy atom. The van der Waals surface area contributed by atoms with Crippen LogP contribution in [0.4, 0.5) is 0 Å². The fourth-order valence-corrected chi connectivity index (χ4v) is 4.26. The van der Waals surface area contributed by atoms with Crippen LogP contribution in [0, 0.1) is 0 Å². The first-order chi connectivity index (χ1) is 10.7. The lowest BCUT2D eigenvalue weighted by Crippen LogP contribution is -2.27. The molecule has 0 aliphatic carbocycles. The summed E-state index contributed by atoms with van der Waals surface area (Å²) in [6.45, 7) is 0. The van der Waals surface area contributed by atoms with Crippen LogP contribution in [0.1, 0.15) is 0 Å². The second-order valence-corrected chi connectivity index (χ2v) is 6.39. The zero-order chi connectivity index (χ0) is 15.3. The van der Waals surface area contributed by atoms with Gasteiger partial charge in [-0.05, 0) is 12.1 Å². The van der Waals surface area contributed by atoms with Crippen LogP contribution in [0.2, 0.25) is 0 Å². The van der Waals surface area contributed by atoms with Gasteiger partial charge in [0.1, 0.15) is 11.7 Å². The molecule has 2 heterocycles. The minimum atomic E-state index is 0.770. The summed E-state index contributed by atoms with van der Waals surface area (Å²) in [5.74, 6) is 1.54. The molecule has 0 spiro atoms. The number of methoxy groups -OCH3 is 2. The molecule has 0 radical (unpaired) electrons. The van der Waals surface area contributed by atoms with Gasteiger partial charge in [-0.25, -0.2) is 0 Å². The van der Waals surface area contributed by atoms with Crippen LogP contribution in [-0.4, -0.2) is 14.2 Å². The highest BCUT2D eigenvalue weighted by atomic mass is 32.1. The van der Waals surface area contributed by atoms with Gasteiger partial charge in [-0.1, -0.05) is 12.1 Å². The number of nitrogens with zero attached hydrogens (tertiary/aromatic N) is 1. The highest BCUT2D eigenvalue weighted by Crippen LogP contribution is 2.42. The maximum Gasteiger partial charge on any atom is 0.212 e. The Hall–Kier alpha value is -2.33. The van der Waals surface area contributed by atoms with Crippen LogP contribution >= 0.6 is 11.3 Å². The van der Waals surface area contributed by atoms with Crippen molar-refractivity contribution in [3.8, 4) is 11.5 Å². The Balaban J connectivity index is 2.23. The Bertz CT molecular complexity index is 1020. The number of pyridine rings is 1. The summed E-state index contributed by atoms with van der Waals surface area (Å²) in [6.07, 6.45) is 2.20. The summed E-state index contributed by atoms with van der Waals surface area (Å²) in [4.78, 5) is 0. The molecule has 0 unspecified atom stereocenters. The second-order valence-electron chi connectivity index (χ2n) is 5.30. The van der Waals surface area contributed by atoms with Gasteiger partial charge < -0.3 is 9.47 Å². The van der Waals surface area contributed by atoms with Crippen LogP contribution in [0.25, 0.3) is 31.1 Å². The van der Waals surface area contributed by atoms with Crippen molar-refractivity contribution in [2.45, 2.75) is 0 Å². The van der Waals surface area contributed by atoms with E-state index < -0.39 is 0 Å². The van der Waals surface area contributed by atoms with E-state index in [1.165, 1.54) is 31.1 Å². The molecule has 0 aliphatic rings. The molecule has 0 saturated carbocycles. The number of hydrogen-bond donors (Lipinski definition) is 0. The minimum Gasteiger partial charge on any atom is -0.493 e. The maximum absolute atomic E-state index is 5.47. The van der Waals surface area contributed by atoms with Crippen LogP contribution < -0.4 is 14.0 Å². The lowest BCUT2D eigenvalue weighted by atomic mass is 10.1. The molecule has 22 heavy (non-hydrogen) atoms. The first kappa shape index (κ1) is 13.3. The maximum atomic E-state index is 5.47. The minimum absolute atomic E-state index is 0.770. The summed E-state index contributed by atoms with van der Waals surface area (Å²) in [5, 5.41) is 3.77. The molecular formula is C18H16NO2S+. The molecule has 0 fully saturated rings. The van der Waals surface area contributed by atoms with Crippen LogP contribution in [0.15, 0.2) is 42.6 Å². The molecule has 4 aromatic rings. The van der Waals surface area contributed by atoms with E-state index in [0.29, 0.717) is 0 Å². The molecule has 110 valence electrons. The highest BCUT2D eigenvalue weighted by Gasteiger charge is 2.17. The fourth-order valence-electron chi connectivity index (χ4n) is 3.05. The molecule has 2 aromatic carbocycles. The summed E-state index contributed by atoms with van der Waals surface area (Å²) < 4.78 is 15.6. The van der Waals surface area contributed by atoms with Crippen LogP contribution in [-0.2, 0) is 7.05 Å². The number of benzene rings is 2. The molecule has 0 atom stereocenters. The first-order valence-electron chi connectivity index (χ1n) is 7.08. The van der Waals surface area contributed by atoms with Gasteiger partial charge in [0.2, 0.25) is 5.52 Å². The van der Waals surface area contributed by atoms with Gasteiger partial charge in [0.25, 0.3) is 0 Å². The molecule has 4 heteroatoms. The number of ether oxygens (including phenoxy) is 2. The summed E-state index contributed by atoms with van der Waals surface area (Å²) in [7, 11) is 5.44. The molecular weight excluding hydrogens is 294 g/mol. The molecule has 0 aliphatic heterocycles. The zero-order valence-electron chi connectivity index (χ0n) is 12.7.